The van der Waals surface area contributed by atoms with Crippen LogP contribution in [0.25, 0.3) is 27.7 Å². The Balaban J connectivity index is 1.95. The van der Waals surface area contributed by atoms with Crippen LogP contribution in [0, 0.1) is 5.82 Å². The minimum absolute atomic E-state index is 0.0118. The summed E-state index contributed by atoms with van der Waals surface area (Å²) in [6.45, 7) is 0. The van der Waals surface area contributed by atoms with Gasteiger partial charge in [-0.15, -0.1) is 0 Å². The molecule has 1 heterocycles. The van der Waals surface area contributed by atoms with Gasteiger partial charge in [0.2, 0.25) is 0 Å². The van der Waals surface area contributed by atoms with Gasteiger partial charge >= 0.3 is 6.18 Å². The standard InChI is InChI=1S/C23H15F4NO5S/c1-33-21-11-17(13-3-2-4-15(9-13)23(25,26)27)18(24)12-20(21)28-19-7-6-16(34(30,31)32)10-14(19)5-8-22(28)29/h2-12H,1H3,(H,30,31,32). The molecule has 0 aliphatic carbocycles. The van der Waals surface area contributed by atoms with Gasteiger partial charge in [0.25, 0.3) is 15.7 Å². The number of alkyl halides is 3. The minimum atomic E-state index is -4.62. The van der Waals surface area contributed by atoms with E-state index in [1.807, 2.05) is 0 Å². The van der Waals surface area contributed by atoms with Gasteiger partial charge in [-0.2, -0.15) is 21.6 Å². The van der Waals surface area contributed by atoms with E-state index in [0.717, 1.165) is 47.0 Å². The molecule has 3 aromatic carbocycles. The second kappa shape index (κ2) is 8.26. The molecule has 0 aliphatic rings. The molecule has 4 aromatic rings. The zero-order valence-electron chi connectivity index (χ0n) is 17.3. The number of aromatic nitrogens is 1. The topological polar surface area (TPSA) is 85.6 Å². The maximum Gasteiger partial charge on any atom is 0.416 e. The summed E-state index contributed by atoms with van der Waals surface area (Å²) in [5.41, 5.74) is -1.63. The SMILES string of the molecule is COc1cc(-c2cccc(C(F)(F)F)c2)c(F)cc1-n1c(=O)ccc2cc(S(=O)(=O)O)ccc21. The van der Waals surface area contributed by atoms with E-state index >= 15 is 4.39 Å². The Hall–Kier alpha value is -3.70. The lowest BCUT2D eigenvalue weighted by atomic mass is 10.0. The fourth-order valence-electron chi connectivity index (χ4n) is 3.60. The Labute approximate surface area is 190 Å². The maximum absolute atomic E-state index is 15.2. The molecule has 6 nitrogen and oxygen atoms in total. The highest BCUT2D eigenvalue weighted by Crippen LogP contribution is 2.36. The number of pyridine rings is 1. The largest absolute Gasteiger partial charge is 0.495 e. The first-order chi connectivity index (χ1) is 15.9. The predicted octanol–water partition coefficient (Wildman–Crippen LogP) is 5.07. The molecule has 1 aromatic heterocycles. The van der Waals surface area contributed by atoms with Gasteiger partial charge in [0, 0.05) is 23.1 Å². The van der Waals surface area contributed by atoms with Crippen LogP contribution in [0.3, 0.4) is 0 Å². The van der Waals surface area contributed by atoms with E-state index in [2.05, 4.69) is 0 Å². The second-order valence-electron chi connectivity index (χ2n) is 7.29. The van der Waals surface area contributed by atoms with Crippen molar-refractivity contribution in [2.75, 3.05) is 7.11 Å². The third-order valence-corrected chi connectivity index (χ3v) is 6.02. The number of benzene rings is 3. The van der Waals surface area contributed by atoms with Crippen LogP contribution in [-0.4, -0.2) is 24.6 Å². The summed E-state index contributed by atoms with van der Waals surface area (Å²) in [5.74, 6) is -0.921. The first-order valence-electron chi connectivity index (χ1n) is 9.59. The normalized spacial score (nSPS) is 12.2. The Kier molecular flexibility index (Phi) is 5.70. The average molecular weight is 493 g/mol. The summed E-state index contributed by atoms with van der Waals surface area (Å²) >= 11 is 0. The lowest BCUT2D eigenvalue weighted by Gasteiger charge is -2.17. The fraction of sp³-hybridized carbons (Fsp3) is 0.0870. The first-order valence-corrected chi connectivity index (χ1v) is 11.0. The molecular weight excluding hydrogens is 478 g/mol. The van der Waals surface area contributed by atoms with E-state index in [1.54, 1.807) is 0 Å². The summed E-state index contributed by atoms with van der Waals surface area (Å²) in [4.78, 5) is 12.3. The van der Waals surface area contributed by atoms with Crippen LogP contribution in [0.15, 0.2) is 76.4 Å². The molecule has 34 heavy (non-hydrogen) atoms. The summed E-state index contributed by atoms with van der Waals surface area (Å²) in [6, 6.07) is 12.2. The maximum atomic E-state index is 15.2. The van der Waals surface area contributed by atoms with E-state index in [4.69, 9.17) is 4.74 Å². The molecule has 0 amide bonds. The molecule has 0 radical (unpaired) electrons. The van der Waals surface area contributed by atoms with Crippen LogP contribution < -0.4 is 10.3 Å². The molecule has 176 valence electrons. The van der Waals surface area contributed by atoms with Crippen LogP contribution in [0.4, 0.5) is 17.6 Å². The molecule has 4 rings (SSSR count). The fourth-order valence-corrected chi connectivity index (χ4v) is 4.11. The van der Waals surface area contributed by atoms with Gasteiger partial charge in [-0.1, -0.05) is 12.1 Å². The Bertz CT molecular complexity index is 1590. The number of methoxy groups -OCH3 is 1. The Morgan fingerprint density at radius 1 is 0.971 bits per heavy atom. The molecule has 0 fully saturated rings. The third kappa shape index (κ3) is 4.27. The highest BCUT2D eigenvalue weighted by Gasteiger charge is 2.30. The van der Waals surface area contributed by atoms with E-state index in [1.165, 1.54) is 31.4 Å². The molecule has 0 saturated heterocycles. The van der Waals surface area contributed by atoms with Crippen molar-refractivity contribution in [2.45, 2.75) is 11.1 Å². The Morgan fingerprint density at radius 2 is 1.71 bits per heavy atom. The lowest BCUT2D eigenvalue weighted by molar-refractivity contribution is -0.137. The van der Waals surface area contributed by atoms with E-state index < -0.39 is 38.1 Å². The van der Waals surface area contributed by atoms with Crippen molar-refractivity contribution in [2.24, 2.45) is 0 Å². The van der Waals surface area contributed by atoms with Gasteiger partial charge in [0.1, 0.15) is 11.6 Å². The summed E-state index contributed by atoms with van der Waals surface area (Å²) in [7, 11) is -3.25. The molecular formula is C23H15F4NO5S. The van der Waals surface area contributed by atoms with E-state index in [9.17, 15) is 30.9 Å². The van der Waals surface area contributed by atoms with Crippen molar-refractivity contribution in [3.8, 4) is 22.6 Å². The van der Waals surface area contributed by atoms with Gasteiger partial charge in [0.05, 0.1) is 28.8 Å². The van der Waals surface area contributed by atoms with Crippen molar-refractivity contribution < 1.29 is 35.3 Å². The van der Waals surface area contributed by atoms with E-state index in [-0.39, 0.29) is 33.5 Å². The minimum Gasteiger partial charge on any atom is -0.495 e. The van der Waals surface area contributed by atoms with Crippen molar-refractivity contribution >= 4 is 21.0 Å². The third-order valence-electron chi connectivity index (χ3n) is 5.17. The Morgan fingerprint density at radius 3 is 2.35 bits per heavy atom. The molecule has 0 aliphatic heterocycles. The number of hydrogen-bond acceptors (Lipinski definition) is 4. The van der Waals surface area contributed by atoms with Gasteiger partial charge in [-0.3, -0.25) is 13.9 Å². The van der Waals surface area contributed by atoms with Gasteiger partial charge in [-0.25, -0.2) is 4.39 Å². The number of fused-ring (bicyclic) bond motifs is 1. The molecule has 0 atom stereocenters. The highest BCUT2D eigenvalue weighted by atomic mass is 32.2. The second-order valence-corrected chi connectivity index (χ2v) is 8.71. The molecule has 0 unspecified atom stereocenters. The summed E-state index contributed by atoms with van der Waals surface area (Å²) < 4.78 is 93.0. The number of rotatable bonds is 4. The quantitative estimate of drug-likeness (QED) is 0.317. The molecule has 1 N–H and O–H groups in total. The molecule has 0 bridgehead atoms. The predicted molar refractivity (Wildman–Crippen MR) is 116 cm³/mol. The number of nitrogens with zero attached hydrogens (tertiary/aromatic N) is 1. The monoisotopic (exact) mass is 493 g/mol. The van der Waals surface area contributed by atoms with Crippen LogP contribution in [0.1, 0.15) is 5.56 Å². The lowest BCUT2D eigenvalue weighted by Crippen LogP contribution is -2.18. The zero-order valence-corrected chi connectivity index (χ0v) is 18.1. The zero-order chi connectivity index (χ0) is 24.8. The highest BCUT2D eigenvalue weighted by molar-refractivity contribution is 7.85. The van der Waals surface area contributed by atoms with Crippen LogP contribution in [0.5, 0.6) is 5.75 Å². The smallest absolute Gasteiger partial charge is 0.416 e. The number of halogens is 4. The van der Waals surface area contributed by atoms with Crippen molar-refractivity contribution in [3.63, 3.8) is 0 Å². The van der Waals surface area contributed by atoms with Gasteiger partial charge in [-0.05, 0) is 48.0 Å². The van der Waals surface area contributed by atoms with Gasteiger partial charge in [0.15, 0.2) is 0 Å². The van der Waals surface area contributed by atoms with Crippen LogP contribution >= 0.6 is 0 Å². The average Bonchev–Trinajstić information content (AvgIpc) is 2.77. The van der Waals surface area contributed by atoms with Crippen LogP contribution in [-0.2, 0) is 16.3 Å². The van der Waals surface area contributed by atoms with Crippen molar-refractivity contribution in [1.82, 2.24) is 4.57 Å². The summed E-state index contributed by atoms with van der Waals surface area (Å²) in [6.07, 6.45) is -4.62. The van der Waals surface area contributed by atoms with Crippen molar-refractivity contribution in [1.29, 1.82) is 0 Å². The number of ether oxygens (including phenoxy) is 1. The molecule has 11 heteroatoms. The van der Waals surface area contributed by atoms with E-state index in [0.29, 0.717) is 0 Å². The number of hydrogen-bond donors (Lipinski definition) is 1. The molecule has 0 spiro atoms. The first kappa shape index (κ1) is 23.5. The summed E-state index contributed by atoms with van der Waals surface area (Å²) in [5, 5.41) is 0.249. The van der Waals surface area contributed by atoms with Crippen molar-refractivity contribution in [3.05, 3.63) is 88.5 Å². The van der Waals surface area contributed by atoms with Crippen LogP contribution in [0.2, 0.25) is 0 Å². The molecule has 0 saturated carbocycles. The van der Waals surface area contributed by atoms with Gasteiger partial charge < -0.3 is 4.74 Å².